The van der Waals surface area contributed by atoms with Crippen LogP contribution in [-0.2, 0) is 6.42 Å². The summed E-state index contributed by atoms with van der Waals surface area (Å²) in [6, 6.07) is 6.79. The molecule has 1 aromatic heterocycles. The Morgan fingerprint density at radius 1 is 1.28 bits per heavy atom. The molecule has 2 aromatic rings. The van der Waals surface area contributed by atoms with Crippen LogP contribution in [0.1, 0.15) is 56.6 Å². The van der Waals surface area contributed by atoms with Crippen LogP contribution < -0.4 is 0 Å². The average Bonchev–Trinajstić information content (AvgIpc) is 2.82. The lowest BCUT2D eigenvalue weighted by Crippen LogP contribution is -2.19. The van der Waals surface area contributed by atoms with E-state index in [2.05, 4.69) is 43.2 Å². The van der Waals surface area contributed by atoms with E-state index in [0.29, 0.717) is 0 Å². The topological polar surface area (TPSA) is 15.8 Å². The Hall–Kier alpha value is -1.24. The minimum absolute atomic E-state index is 0.780. The smallest absolute Gasteiger partial charge is 0.0459 e. The van der Waals surface area contributed by atoms with E-state index in [4.69, 9.17) is 0 Å². The monoisotopic (exact) mass is 241 g/mol. The van der Waals surface area contributed by atoms with E-state index < -0.39 is 0 Å². The molecule has 1 aliphatic carbocycles. The normalized spacial score (nSPS) is 22.6. The average molecular weight is 241 g/mol. The van der Waals surface area contributed by atoms with Crippen LogP contribution in [0.3, 0.4) is 0 Å². The van der Waals surface area contributed by atoms with Gasteiger partial charge in [-0.15, -0.1) is 0 Å². The van der Waals surface area contributed by atoms with Crippen molar-refractivity contribution in [2.24, 2.45) is 5.92 Å². The van der Waals surface area contributed by atoms with Gasteiger partial charge < -0.3 is 4.98 Å². The minimum Gasteiger partial charge on any atom is -0.361 e. The van der Waals surface area contributed by atoms with Crippen molar-refractivity contribution >= 4 is 10.9 Å². The molecule has 1 nitrogen and oxygen atoms in total. The molecule has 3 rings (SSSR count). The van der Waals surface area contributed by atoms with Gasteiger partial charge in [0.25, 0.3) is 0 Å². The molecule has 0 saturated carbocycles. The van der Waals surface area contributed by atoms with Crippen LogP contribution in [0.25, 0.3) is 10.9 Å². The SMILES string of the molecule is CCCCC1c2cccc3[nH]cc(c23)C[C@H]1CC. The van der Waals surface area contributed by atoms with Crippen molar-refractivity contribution in [3.63, 3.8) is 0 Å². The van der Waals surface area contributed by atoms with E-state index in [1.807, 2.05) is 0 Å². The van der Waals surface area contributed by atoms with Gasteiger partial charge in [0.2, 0.25) is 0 Å². The second kappa shape index (κ2) is 4.79. The maximum absolute atomic E-state index is 3.44. The van der Waals surface area contributed by atoms with Crippen molar-refractivity contribution in [2.75, 3.05) is 0 Å². The number of H-pyrrole nitrogens is 1. The van der Waals surface area contributed by atoms with Gasteiger partial charge in [-0.25, -0.2) is 0 Å². The molecule has 1 unspecified atom stereocenters. The van der Waals surface area contributed by atoms with E-state index in [-0.39, 0.29) is 0 Å². The molecule has 0 saturated heterocycles. The fourth-order valence-electron chi connectivity index (χ4n) is 3.68. The van der Waals surface area contributed by atoms with Gasteiger partial charge in [0.1, 0.15) is 0 Å². The maximum Gasteiger partial charge on any atom is 0.0459 e. The summed E-state index contributed by atoms with van der Waals surface area (Å²) in [6.07, 6.45) is 8.82. The second-order valence-electron chi connectivity index (χ2n) is 5.70. The molecule has 0 radical (unpaired) electrons. The molecule has 18 heavy (non-hydrogen) atoms. The first-order chi connectivity index (χ1) is 8.85. The molecule has 1 heterocycles. The van der Waals surface area contributed by atoms with Gasteiger partial charge in [0.15, 0.2) is 0 Å². The number of aromatic nitrogens is 1. The van der Waals surface area contributed by atoms with Gasteiger partial charge in [0, 0.05) is 17.1 Å². The Bertz CT molecular complexity index is 538. The number of hydrogen-bond donors (Lipinski definition) is 1. The van der Waals surface area contributed by atoms with Crippen molar-refractivity contribution < 1.29 is 0 Å². The standard InChI is InChI=1S/C17H23N/c1-3-5-7-14-12(4-2)10-13-11-18-16-9-6-8-15(14)17(13)16/h6,8-9,11-12,14,18H,3-5,7,10H2,1-2H3/t12-,14?/m1/s1. The summed E-state index contributed by atoms with van der Waals surface area (Å²) in [6.45, 7) is 4.65. The Labute approximate surface area is 110 Å². The predicted octanol–water partition coefficient (Wildman–Crippen LogP) is 5.02. The van der Waals surface area contributed by atoms with E-state index >= 15 is 0 Å². The maximum atomic E-state index is 3.44. The van der Waals surface area contributed by atoms with Crippen molar-refractivity contribution in [3.8, 4) is 0 Å². The quantitative estimate of drug-likeness (QED) is 0.773. The van der Waals surface area contributed by atoms with Gasteiger partial charge in [-0.2, -0.15) is 0 Å². The van der Waals surface area contributed by atoms with Crippen LogP contribution in [0.5, 0.6) is 0 Å². The van der Waals surface area contributed by atoms with Crippen molar-refractivity contribution in [3.05, 3.63) is 35.5 Å². The molecule has 2 atom stereocenters. The molecule has 0 spiro atoms. The van der Waals surface area contributed by atoms with Crippen molar-refractivity contribution in [2.45, 2.75) is 51.9 Å². The summed E-state index contributed by atoms with van der Waals surface area (Å²) in [5.41, 5.74) is 4.48. The van der Waals surface area contributed by atoms with E-state index in [9.17, 15) is 0 Å². The van der Waals surface area contributed by atoms with Crippen LogP contribution in [-0.4, -0.2) is 4.98 Å². The summed E-state index contributed by atoms with van der Waals surface area (Å²) < 4.78 is 0. The Morgan fingerprint density at radius 2 is 2.17 bits per heavy atom. The Kier molecular flexibility index (Phi) is 3.15. The zero-order valence-corrected chi connectivity index (χ0v) is 11.5. The molecule has 1 heteroatoms. The molecule has 1 N–H and O–H groups in total. The van der Waals surface area contributed by atoms with E-state index in [1.54, 1.807) is 11.1 Å². The molecule has 0 aliphatic heterocycles. The molecule has 96 valence electrons. The predicted molar refractivity (Wildman–Crippen MR) is 78.0 cm³/mol. The second-order valence-corrected chi connectivity index (χ2v) is 5.70. The molecule has 0 amide bonds. The largest absolute Gasteiger partial charge is 0.361 e. The van der Waals surface area contributed by atoms with E-state index in [1.165, 1.54) is 43.0 Å². The van der Waals surface area contributed by atoms with Gasteiger partial charge in [0.05, 0.1) is 0 Å². The third kappa shape index (κ3) is 1.77. The zero-order valence-electron chi connectivity index (χ0n) is 11.5. The Balaban J connectivity index is 2.07. The van der Waals surface area contributed by atoms with Crippen LogP contribution in [0.15, 0.2) is 24.4 Å². The van der Waals surface area contributed by atoms with Gasteiger partial charge >= 0.3 is 0 Å². The van der Waals surface area contributed by atoms with Crippen LogP contribution in [0, 0.1) is 5.92 Å². The number of unbranched alkanes of at least 4 members (excludes halogenated alkanes) is 1. The fraction of sp³-hybridized carbons (Fsp3) is 0.529. The minimum atomic E-state index is 0.780. The summed E-state index contributed by atoms with van der Waals surface area (Å²) in [5.74, 6) is 1.62. The van der Waals surface area contributed by atoms with Gasteiger partial charge in [-0.3, -0.25) is 0 Å². The number of aromatic amines is 1. The first kappa shape index (κ1) is 11.8. The molecular weight excluding hydrogens is 218 g/mol. The number of rotatable bonds is 4. The zero-order chi connectivity index (χ0) is 12.5. The highest BCUT2D eigenvalue weighted by atomic mass is 14.7. The molecule has 0 bridgehead atoms. The number of hydrogen-bond acceptors (Lipinski definition) is 0. The molecular formula is C17H23N. The summed E-state index contributed by atoms with van der Waals surface area (Å²) >= 11 is 0. The van der Waals surface area contributed by atoms with Crippen LogP contribution >= 0.6 is 0 Å². The summed E-state index contributed by atoms with van der Waals surface area (Å²) in [7, 11) is 0. The molecule has 1 aromatic carbocycles. The highest BCUT2D eigenvalue weighted by Gasteiger charge is 2.29. The first-order valence-electron chi connectivity index (χ1n) is 7.44. The third-order valence-corrected chi connectivity index (χ3v) is 4.66. The summed E-state index contributed by atoms with van der Waals surface area (Å²) in [4.78, 5) is 3.44. The Morgan fingerprint density at radius 3 is 2.94 bits per heavy atom. The number of nitrogens with one attached hydrogen (secondary N) is 1. The van der Waals surface area contributed by atoms with Crippen LogP contribution in [0.2, 0.25) is 0 Å². The highest BCUT2D eigenvalue weighted by Crippen LogP contribution is 2.43. The van der Waals surface area contributed by atoms with Crippen molar-refractivity contribution in [1.82, 2.24) is 4.98 Å². The lowest BCUT2D eigenvalue weighted by atomic mass is 9.72. The highest BCUT2D eigenvalue weighted by molar-refractivity contribution is 5.88. The van der Waals surface area contributed by atoms with Gasteiger partial charge in [-0.1, -0.05) is 45.2 Å². The summed E-state index contributed by atoms with van der Waals surface area (Å²) in [5, 5.41) is 1.53. The first-order valence-corrected chi connectivity index (χ1v) is 7.44. The molecule has 1 aliphatic rings. The molecule has 0 fully saturated rings. The van der Waals surface area contributed by atoms with Crippen LogP contribution in [0.4, 0.5) is 0 Å². The van der Waals surface area contributed by atoms with E-state index in [0.717, 1.165) is 11.8 Å². The lowest BCUT2D eigenvalue weighted by Gasteiger charge is -2.31. The number of benzene rings is 1. The fourth-order valence-corrected chi connectivity index (χ4v) is 3.68. The van der Waals surface area contributed by atoms with Gasteiger partial charge in [-0.05, 0) is 41.9 Å². The lowest BCUT2D eigenvalue weighted by molar-refractivity contribution is 0.374. The third-order valence-electron chi connectivity index (χ3n) is 4.66. The van der Waals surface area contributed by atoms with Crippen molar-refractivity contribution in [1.29, 1.82) is 0 Å².